The Kier molecular flexibility index (Phi) is 6.22. The van der Waals surface area contributed by atoms with E-state index in [1.54, 1.807) is 13.8 Å². The van der Waals surface area contributed by atoms with Crippen LogP contribution in [0.15, 0.2) is 0 Å². The van der Waals surface area contributed by atoms with Crippen molar-refractivity contribution in [3.05, 3.63) is 0 Å². The lowest BCUT2D eigenvalue weighted by atomic mass is 10.2. The first-order valence-electron chi connectivity index (χ1n) is 3.90. The van der Waals surface area contributed by atoms with Crippen LogP contribution in [0.1, 0.15) is 20.3 Å². The molecule has 0 aromatic carbocycles. The summed E-state index contributed by atoms with van der Waals surface area (Å²) in [6, 6.07) is 1.03. The standard InChI is InChI=1S/C7H14BrClO2Si/c1-7(2,8)6(10)11-4-3-5-12-9/h3-5,12H2,1-2H3. The second-order valence-corrected chi connectivity index (χ2v) is 7.21. The van der Waals surface area contributed by atoms with Crippen LogP contribution >= 0.6 is 27.0 Å². The van der Waals surface area contributed by atoms with Gasteiger partial charge in [0.05, 0.1) is 6.61 Å². The van der Waals surface area contributed by atoms with Crippen LogP contribution in [0.2, 0.25) is 6.04 Å². The van der Waals surface area contributed by atoms with Crippen molar-refractivity contribution < 1.29 is 9.53 Å². The van der Waals surface area contributed by atoms with Crippen LogP contribution < -0.4 is 0 Å². The molecule has 0 bridgehead atoms. The van der Waals surface area contributed by atoms with Gasteiger partial charge in [0.15, 0.2) is 0 Å². The highest BCUT2D eigenvalue weighted by Gasteiger charge is 2.24. The number of hydrogen-bond acceptors (Lipinski definition) is 2. The lowest BCUT2D eigenvalue weighted by molar-refractivity contribution is -0.145. The van der Waals surface area contributed by atoms with Gasteiger partial charge in [-0.1, -0.05) is 15.9 Å². The van der Waals surface area contributed by atoms with Crippen LogP contribution in [0, 0.1) is 0 Å². The van der Waals surface area contributed by atoms with Crippen molar-refractivity contribution in [2.24, 2.45) is 0 Å². The second-order valence-electron chi connectivity index (χ2n) is 3.00. The van der Waals surface area contributed by atoms with E-state index >= 15 is 0 Å². The molecule has 0 aromatic rings. The quantitative estimate of drug-likeness (QED) is 0.251. The van der Waals surface area contributed by atoms with Gasteiger partial charge in [0.25, 0.3) is 0 Å². The first-order chi connectivity index (χ1) is 5.48. The van der Waals surface area contributed by atoms with E-state index in [2.05, 4.69) is 15.9 Å². The molecular formula is C7H14BrClO2Si. The van der Waals surface area contributed by atoms with E-state index in [-0.39, 0.29) is 5.97 Å². The zero-order valence-corrected chi connectivity index (χ0v) is 11.2. The van der Waals surface area contributed by atoms with Gasteiger partial charge in [-0.25, -0.2) is 0 Å². The summed E-state index contributed by atoms with van der Waals surface area (Å²) in [7, 11) is -0.396. The van der Waals surface area contributed by atoms with Crippen LogP contribution in [-0.4, -0.2) is 25.7 Å². The molecule has 0 spiro atoms. The Balaban J connectivity index is 3.45. The molecule has 0 amide bonds. The number of ether oxygens (including phenoxy) is 1. The van der Waals surface area contributed by atoms with E-state index in [1.165, 1.54) is 0 Å². The Morgan fingerprint density at radius 3 is 2.67 bits per heavy atom. The van der Waals surface area contributed by atoms with Gasteiger partial charge in [0.2, 0.25) is 0 Å². The Hall–Kier alpha value is 0.457. The Morgan fingerprint density at radius 2 is 2.25 bits per heavy atom. The fourth-order valence-corrected chi connectivity index (χ4v) is 1.61. The fourth-order valence-electron chi connectivity index (χ4n) is 0.533. The molecule has 0 saturated heterocycles. The van der Waals surface area contributed by atoms with Gasteiger partial charge in [-0.15, -0.1) is 0 Å². The third kappa shape index (κ3) is 6.03. The minimum Gasteiger partial charge on any atom is -0.465 e. The van der Waals surface area contributed by atoms with Crippen molar-refractivity contribution in [2.45, 2.75) is 30.6 Å². The summed E-state index contributed by atoms with van der Waals surface area (Å²) in [5.74, 6) is -0.210. The molecule has 0 aliphatic heterocycles. The second kappa shape index (κ2) is 5.99. The van der Waals surface area contributed by atoms with Gasteiger partial charge in [-0.05, 0) is 26.3 Å². The van der Waals surface area contributed by atoms with Gasteiger partial charge < -0.3 is 4.74 Å². The fraction of sp³-hybridized carbons (Fsp3) is 0.857. The van der Waals surface area contributed by atoms with Gasteiger partial charge in [-0.3, -0.25) is 4.79 Å². The minimum absolute atomic E-state index is 0.210. The van der Waals surface area contributed by atoms with Gasteiger partial charge in [-0.2, -0.15) is 11.1 Å². The highest BCUT2D eigenvalue weighted by atomic mass is 79.9. The molecule has 0 atom stereocenters. The van der Waals surface area contributed by atoms with E-state index in [4.69, 9.17) is 15.8 Å². The minimum atomic E-state index is -0.564. The van der Waals surface area contributed by atoms with E-state index in [9.17, 15) is 4.79 Å². The lowest BCUT2D eigenvalue weighted by Gasteiger charge is -2.14. The third-order valence-corrected chi connectivity index (χ3v) is 3.14. The molecule has 0 aromatic heterocycles. The van der Waals surface area contributed by atoms with Crippen molar-refractivity contribution in [1.82, 2.24) is 0 Å². The molecule has 72 valence electrons. The largest absolute Gasteiger partial charge is 0.465 e. The van der Waals surface area contributed by atoms with E-state index in [0.29, 0.717) is 6.61 Å². The SMILES string of the molecule is CC(C)(Br)C(=O)OCCC[SiH2]Cl. The zero-order chi connectivity index (χ0) is 9.61. The van der Waals surface area contributed by atoms with Crippen LogP contribution in [0.3, 0.4) is 0 Å². The molecule has 0 unspecified atom stereocenters. The molecule has 0 saturated carbocycles. The van der Waals surface area contributed by atoms with Crippen LogP contribution in [0.4, 0.5) is 0 Å². The van der Waals surface area contributed by atoms with Crippen LogP contribution in [0.25, 0.3) is 0 Å². The normalized spacial score (nSPS) is 12.3. The summed E-state index contributed by atoms with van der Waals surface area (Å²) in [6.45, 7) is 4.03. The molecule has 5 heteroatoms. The molecular weight excluding hydrogens is 260 g/mol. The van der Waals surface area contributed by atoms with Crippen molar-refractivity contribution in [1.29, 1.82) is 0 Å². The maximum Gasteiger partial charge on any atom is 0.322 e. The maximum atomic E-state index is 11.1. The van der Waals surface area contributed by atoms with Crippen molar-refractivity contribution >= 4 is 41.8 Å². The number of alkyl halides is 1. The monoisotopic (exact) mass is 272 g/mol. The zero-order valence-electron chi connectivity index (χ0n) is 7.40. The lowest BCUT2D eigenvalue weighted by Crippen LogP contribution is -2.26. The summed E-state index contributed by atoms with van der Waals surface area (Å²) >= 11 is 8.82. The number of rotatable bonds is 5. The van der Waals surface area contributed by atoms with Crippen LogP contribution in [-0.2, 0) is 9.53 Å². The van der Waals surface area contributed by atoms with E-state index < -0.39 is 13.2 Å². The first-order valence-corrected chi connectivity index (χ1v) is 7.83. The van der Waals surface area contributed by atoms with Gasteiger partial charge in [0.1, 0.15) is 13.2 Å². The topological polar surface area (TPSA) is 26.3 Å². The average molecular weight is 274 g/mol. The van der Waals surface area contributed by atoms with Gasteiger partial charge in [0, 0.05) is 0 Å². The van der Waals surface area contributed by atoms with Crippen LogP contribution in [0.5, 0.6) is 0 Å². The number of halogens is 2. The Labute approximate surface area is 88.7 Å². The van der Waals surface area contributed by atoms with E-state index in [0.717, 1.165) is 12.5 Å². The van der Waals surface area contributed by atoms with Crippen molar-refractivity contribution in [2.75, 3.05) is 6.61 Å². The molecule has 12 heavy (non-hydrogen) atoms. The maximum absolute atomic E-state index is 11.1. The summed E-state index contributed by atoms with van der Waals surface area (Å²) in [5.41, 5.74) is 0. The molecule has 0 fully saturated rings. The summed E-state index contributed by atoms with van der Waals surface area (Å²) in [5, 5.41) is 0. The molecule has 0 aliphatic carbocycles. The predicted molar refractivity (Wildman–Crippen MR) is 57.8 cm³/mol. The molecule has 0 heterocycles. The van der Waals surface area contributed by atoms with E-state index in [1.807, 2.05) is 0 Å². The first kappa shape index (κ1) is 12.5. The molecule has 0 aliphatic rings. The third-order valence-electron chi connectivity index (χ3n) is 1.25. The average Bonchev–Trinajstić information content (AvgIpc) is 1.96. The molecule has 0 N–H and O–H groups in total. The Bertz CT molecular complexity index is 147. The van der Waals surface area contributed by atoms with Gasteiger partial charge >= 0.3 is 5.97 Å². The number of esters is 1. The van der Waals surface area contributed by atoms with Crippen molar-refractivity contribution in [3.63, 3.8) is 0 Å². The van der Waals surface area contributed by atoms with Crippen molar-refractivity contribution in [3.8, 4) is 0 Å². The predicted octanol–water partition coefficient (Wildman–Crippen LogP) is 1.83. The highest BCUT2D eigenvalue weighted by molar-refractivity contribution is 9.10. The number of hydrogen-bond donors (Lipinski definition) is 0. The number of carbonyl (C=O) groups excluding carboxylic acids is 1. The highest BCUT2D eigenvalue weighted by Crippen LogP contribution is 2.17. The molecule has 0 radical (unpaired) electrons. The Morgan fingerprint density at radius 1 is 1.67 bits per heavy atom. The molecule has 2 nitrogen and oxygen atoms in total. The number of carbonyl (C=O) groups is 1. The summed E-state index contributed by atoms with van der Waals surface area (Å²) in [6.07, 6.45) is 0.893. The molecule has 0 rings (SSSR count). The summed E-state index contributed by atoms with van der Waals surface area (Å²) in [4.78, 5) is 11.1. The summed E-state index contributed by atoms with van der Waals surface area (Å²) < 4.78 is 4.42. The smallest absolute Gasteiger partial charge is 0.322 e.